The van der Waals surface area contributed by atoms with E-state index >= 15 is 0 Å². The molecule has 1 atom stereocenters. The number of carbonyl (C=O) groups excluding carboxylic acids is 1. The van der Waals surface area contributed by atoms with Gasteiger partial charge in [-0.2, -0.15) is 0 Å². The normalized spacial score (nSPS) is 18.4. The molecule has 0 aliphatic carbocycles. The summed E-state index contributed by atoms with van der Waals surface area (Å²) in [5, 5.41) is 16.2. The number of phenols is 1. The SMILES string of the molecule is CC1(C)NC(=O)[C@H](Cc2cc(I)c(Oc3cc(I)c(O)c(I)c3)c(I)c2)N1. The maximum atomic E-state index is 12.1. The molecule has 0 unspecified atom stereocenters. The zero-order valence-electron chi connectivity index (χ0n) is 14.4. The van der Waals surface area contributed by atoms with Gasteiger partial charge in [-0.1, -0.05) is 0 Å². The van der Waals surface area contributed by atoms with Crippen molar-refractivity contribution in [2.24, 2.45) is 0 Å². The van der Waals surface area contributed by atoms with Crippen molar-refractivity contribution < 1.29 is 14.6 Å². The molecule has 0 aromatic heterocycles. The molecule has 5 nitrogen and oxygen atoms in total. The van der Waals surface area contributed by atoms with E-state index in [9.17, 15) is 9.90 Å². The molecule has 1 aliphatic rings. The number of aromatic hydroxyl groups is 1. The van der Waals surface area contributed by atoms with Gasteiger partial charge in [0.1, 0.15) is 11.5 Å². The largest absolute Gasteiger partial charge is 0.506 e. The molecule has 2 aromatic carbocycles. The molecule has 0 bridgehead atoms. The summed E-state index contributed by atoms with van der Waals surface area (Å²) in [7, 11) is 0. The molecule has 0 spiro atoms. The molecular weight excluding hydrogens is 800 g/mol. The van der Waals surface area contributed by atoms with Crippen molar-refractivity contribution in [2.45, 2.75) is 32.0 Å². The van der Waals surface area contributed by atoms with E-state index in [1.54, 1.807) is 0 Å². The maximum absolute atomic E-state index is 12.1. The van der Waals surface area contributed by atoms with Crippen LogP contribution in [0.25, 0.3) is 0 Å². The first-order valence-corrected chi connectivity index (χ1v) is 12.3. The molecule has 1 fully saturated rings. The minimum atomic E-state index is -0.377. The van der Waals surface area contributed by atoms with Crippen molar-refractivity contribution in [2.75, 3.05) is 0 Å². The van der Waals surface area contributed by atoms with Gasteiger partial charge >= 0.3 is 0 Å². The van der Waals surface area contributed by atoms with E-state index in [4.69, 9.17) is 4.74 Å². The third kappa shape index (κ3) is 5.31. The lowest BCUT2D eigenvalue weighted by Gasteiger charge is -2.19. The van der Waals surface area contributed by atoms with Crippen LogP contribution in [0.5, 0.6) is 17.2 Å². The lowest BCUT2D eigenvalue weighted by molar-refractivity contribution is -0.120. The van der Waals surface area contributed by atoms with Gasteiger partial charge < -0.3 is 15.2 Å². The van der Waals surface area contributed by atoms with Gasteiger partial charge in [-0.3, -0.25) is 10.1 Å². The van der Waals surface area contributed by atoms with Crippen LogP contribution in [0.15, 0.2) is 24.3 Å². The second kappa shape index (κ2) is 8.63. The lowest BCUT2D eigenvalue weighted by atomic mass is 10.1. The molecule has 1 heterocycles. The first kappa shape index (κ1) is 22.1. The van der Waals surface area contributed by atoms with E-state index in [1.165, 1.54) is 0 Å². The Kier molecular flexibility index (Phi) is 7.06. The van der Waals surface area contributed by atoms with Crippen LogP contribution in [0.1, 0.15) is 19.4 Å². The van der Waals surface area contributed by atoms with E-state index in [2.05, 4.69) is 113 Å². The standard InChI is InChI=1S/C18H16I4N2O3/c1-18(2)23-14(17(26)24-18)5-8-3-12(21)16(13(22)4-8)27-9-6-10(19)15(25)11(20)7-9/h3-4,6-7,14,23,25H,5H2,1-2H3,(H,24,26)/t14-/m0/s1. The molecular formula is C18H16I4N2O3. The van der Waals surface area contributed by atoms with Crippen LogP contribution in [0, 0.1) is 14.3 Å². The predicted octanol–water partition coefficient (Wildman–Crippen LogP) is 4.97. The van der Waals surface area contributed by atoms with Crippen LogP contribution in [0.3, 0.4) is 0 Å². The Morgan fingerprint density at radius 1 is 1.04 bits per heavy atom. The van der Waals surface area contributed by atoms with Gasteiger partial charge in [0, 0.05) is 0 Å². The summed E-state index contributed by atoms with van der Waals surface area (Å²) in [6, 6.07) is 7.49. The average Bonchev–Trinajstić information content (AvgIpc) is 2.80. The molecule has 3 rings (SSSR count). The summed E-state index contributed by atoms with van der Waals surface area (Å²) in [4.78, 5) is 12.1. The molecule has 0 radical (unpaired) electrons. The van der Waals surface area contributed by atoms with Crippen molar-refractivity contribution in [3.8, 4) is 17.2 Å². The van der Waals surface area contributed by atoms with Crippen LogP contribution in [-0.4, -0.2) is 22.7 Å². The Bertz CT molecular complexity index is 871. The fraction of sp³-hybridized carbons (Fsp3) is 0.278. The van der Waals surface area contributed by atoms with Crippen molar-refractivity contribution in [1.29, 1.82) is 0 Å². The van der Waals surface area contributed by atoms with Gasteiger partial charge in [0.05, 0.1) is 26.0 Å². The van der Waals surface area contributed by atoms with Gasteiger partial charge in [-0.25, -0.2) is 0 Å². The number of amides is 1. The first-order valence-electron chi connectivity index (χ1n) is 7.99. The quantitative estimate of drug-likeness (QED) is 0.382. The third-order valence-electron chi connectivity index (χ3n) is 4.00. The molecule has 1 amide bonds. The van der Waals surface area contributed by atoms with Crippen molar-refractivity contribution in [3.05, 3.63) is 44.1 Å². The molecule has 3 N–H and O–H groups in total. The highest BCUT2D eigenvalue weighted by Gasteiger charge is 2.36. The third-order valence-corrected chi connectivity index (χ3v) is 7.24. The first-order chi connectivity index (χ1) is 12.6. The van der Waals surface area contributed by atoms with Gasteiger partial charge in [0.15, 0.2) is 5.75 Å². The fourth-order valence-electron chi connectivity index (χ4n) is 2.86. The highest BCUT2D eigenvalue weighted by atomic mass is 127. The van der Waals surface area contributed by atoms with Crippen LogP contribution >= 0.6 is 90.4 Å². The summed E-state index contributed by atoms with van der Waals surface area (Å²) in [5.41, 5.74) is 0.703. The summed E-state index contributed by atoms with van der Waals surface area (Å²) >= 11 is 8.69. The van der Waals surface area contributed by atoms with Crippen molar-refractivity contribution in [3.63, 3.8) is 0 Å². The van der Waals surface area contributed by atoms with Gasteiger partial charge in [0.25, 0.3) is 0 Å². The molecule has 1 aliphatic heterocycles. The average molecular weight is 816 g/mol. The van der Waals surface area contributed by atoms with Gasteiger partial charge in [-0.05, 0) is 140 Å². The monoisotopic (exact) mass is 816 g/mol. The van der Waals surface area contributed by atoms with Crippen molar-refractivity contribution >= 4 is 96.3 Å². The Balaban J connectivity index is 1.82. The Morgan fingerprint density at radius 2 is 1.59 bits per heavy atom. The van der Waals surface area contributed by atoms with Crippen LogP contribution in [-0.2, 0) is 11.2 Å². The topological polar surface area (TPSA) is 70.6 Å². The molecule has 27 heavy (non-hydrogen) atoms. The zero-order chi connectivity index (χ0) is 19.9. The molecule has 2 aromatic rings. The lowest BCUT2D eigenvalue weighted by Crippen LogP contribution is -2.44. The number of hydrogen-bond acceptors (Lipinski definition) is 4. The minimum Gasteiger partial charge on any atom is -0.506 e. The number of rotatable bonds is 4. The van der Waals surface area contributed by atoms with Gasteiger partial charge in [-0.15, -0.1) is 0 Å². The zero-order valence-corrected chi connectivity index (χ0v) is 23.0. The molecule has 0 saturated carbocycles. The number of carbonyl (C=O) groups is 1. The summed E-state index contributed by atoms with van der Waals surface area (Å²) < 4.78 is 9.55. The number of hydrogen-bond donors (Lipinski definition) is 3. The second-order valence-electron chi connectivity index (χ2n) is 6.74. The molecule has 1 saturated heterocycles. The fourth-order valence-corrected chi connectivity index (χ4v) is 6.69. The van der Waals surface area contributed by atoms with E-state index in [0.717, 1.165) is 25.6 Å². The van der Waals surface area contributed by atoms with Crippen LogP contribution in [0.2, 0.25) is 0 Å². The number of phenolic OH excluding ortho intramolecular Hbond substituents is 1. The second-order valence-corrected chi connectivity index (χ2v) is 11.4. The van der Waals surface area contributed by atoms with E-state index in [0.29, 0.717) is 12.2 Å². The Labute approximate surface area is 212 Å². The minimum absolute atomic E-state index is 0.0265. The van der Waals surface area contributed by atoms with E-state index in [1.807, 2.05) is 26.0 Å². The maximum Gasteiger partial charge on any atom is 0.238 e. The van der Waals surface area contributed by atoms with E-state index < -0.39 is 0 Å². The summed E-state index contributed by atoms with van der Waals surface area (Å²) in [6.07, 6.45) is 0.622. The number of halogens is 4. The van der Waals surface area contributed by atoms with Crippen molar-refractivity contribution in [1.82, 2.24) is 10.6 Å². The highest BCUT2D eigenvalue weighted by Crippen LogP contribution is 2.37. The highest BCUT2D eigenvalue weighted by molar-refractivity contribution is 14.1. The number of ether oxygens (including phenoxy) is 1. The van der Waals surface area contributed by atoms with Gasteiger partial charge in [0.2, 0.25) is 5.91 Å². The number of benzene rings is 2. The predicted molar refractivity (Wildman–Crippen MR) is 138 cm³/mol. The molecule has 144 valence electrons. The smallest absolute Gasteiger partial charge is 0.238 e. The Morgan fingerprint density at radius 3 is 2.07 bits per heavy atom. The van der Waals surface area contributed by atoms with E-state index in [-0.39, 0.29) is 23.4 Å². The summed E-state index contributed by atoms with van der Waals surface area (Å²) in [6.45, 7) is 3.91. The van der Waals surface area contributed by atoms with Crippen LogP contribution in [0.4, 0.5) is 0 Å². The van der Waals surface area contributed by atoms with Crippen LogP contribution < -0.4 is 15.4 Å². The Hall–Kier alpha value is 0.390. The summed E-state index contributed by atoms with van der Waals surface area (Å²) in [5.74, 6) is 1.76. The number of nitrogens with one attached hydrogen (secondary N) is 2. The molecule has 9 heteroatoms.